The molecule has 2 aromatic rings. The molecule has 0 aliphatic heterocycles. The van der Waals surface area contributed by atoms with Gasteiger partial charge in [-0.05, 0) is 18.2 Å². The van der Waals surface area contributed by atoms with E-state index in [1.165, 1.54) is 45.7 Å². The van der Waals surface area contributed by atoms with Gasteiger partial charge >= 0.3 is 0 Å². The zero-order valence-corrected chi connectivity index (χ0v) is 13.2. The minimum absolute atomic E-state index is 0.0565. The maximum atomic E-state index is 12.4. The Morgan fingerprint density at radius 3 is 2.23 bits per heavy atom. The summed E-state index contributed by atoms with van der Waals surface area (Å²) in [6, 6.07) is 7.47. The van der Waals surface area contributed by atoms with E-state index >= 15 is 0 Å². The number of hydrogen-bond acceptors (Lipinski definition) is 6. The second kappa shape index (κ2) is 6.52. The molecule has 0 saturated heterocycles. The highest BCUT2D eigenvalue weighted by atomic mass is 32.2. The second-order valence-electron chi connectivity index (χ2n) is 4.21. The van der Waals surface area contributed by atoms with Crippen LogP contribution in [0.25, 0.3) is 0 Å². The van der Waals surface area contributed by atoms with Crippen molar-refractivity contribution in [1.29, 1.82) is 0 Å². The molecule has 7 nitrogen and oxygen atoms in total. The van der Waals surface area contributed by atoms with Crippen LogP contribution in [0, 0.1) is 0 Å². The SMILES string of the molecule is COc1ccc(NS(=O)(=O)c2ccc(OC)c(OC)c2)cn1. The third-order valence-corrected chi connectivity index (χ3v) is 4.24. The number of nitrogens with zero attached hydrogens (tertiary/aromatic N) is 1. The van der Waals surface area contributed by atoms with E-state index in [4.69, 9.17) is 14.2 Å². The fourth-order valence-electron chi connectivity index (χ4n) is 1.76. The first-order chi connectivity index (χ1) is 10.5. The molecule has 1 aromatic heterocycles. The van der Waals surface area contributed by atoms with Crippen molar-refractivity contribution >= 4 is 15.7 Å². The van der Waals surface area contributed by atoms with Gasteiger partial charge in [-0.1, -0.05) is 0 Å². The molecule has 1 aromatic carbocycles. The van der Waals surface area contributed by atoms with E-state index in [0.29, 0.717) is 23.1 Å². The van der Waals surface area contributed by atoms with Crippen molar-refractivity contribution in [3.8, 4) is 17.4 Å². The van der Waals surface area contributed by atoms with Gasteiger partial charge in [0.2, 0.25) is 5.88 Å². The zero-order chi connectivity index (χ0) is 16.2. The standard InChI is InChI=1S/C14H16N2O5S/c1-19-12-6-5-11(8-13(12)20-2)22(17,18)16-10-4-7-14(21-3)15-9-10/h4-9,16H,1-3H3. The predicted octanol–water partition coefficient (Wildman–Crippen LogP) is 1.91. The Hall–Kier alpha value is -2.48. The molecule has 0 amide bonds. The van der Waals surface area contributed by atoms with Crippen LogP contribution < -0.4 is 18.9 Å². The Bertz CT molecular complexity index is 744. The fourth-order valence-corrected chi connectivity index (χ4v) is 2.82. The van der Waals surface area contributed by atoms with E-state index in [2.05, 4.69) is 9.71 Å². The van der Waals surface area contributed by atoms with Gasteiger partial charge in [0.25, 0.3) is 10.0 Å². The molecular weight excluding hydrogens is 308 g/mol. The molecule has 1 heterocycles. The first-order valence-electron chi connectivity index (χ1n) is 6.25. The number of methoxy groups -OCH3 is 3. The predicted molar refractivity (Wildman–Crippen MR) is 81.1 cm³/mol. The molecule has 0 unspecified atom stereocenters. The van der Waals surface area contributed by atoms with Crippen molar-refractivity contribution in [2.75, 3.05) is 26.1 Å². The maximum Gasteiger partial charge on any atom is 0.262 e. The summed E-state index contributed by atoms with van der Waals surface area (Å²) in [6.45, 7) is 0. The fraction of sp³-hybridized carbons (Fsp3) is 0.214. The summed E-state index contributed by atoms with van der Waals surface area (Å²) in [7, 11) is 0.644. The van der Waals surface area contributed by atoms with E-state index in [1.807, 2.05) is 0 Å². The number of anilines is 1. The Morgan fingerprint density at radius 1 is 0.955 bits per heavy atom. The van der Waals surface area contributed by atoms with Gasteiger partial charge in [0, 0.05) is 12.1 Å². The van der Waals surface area contributed by atoms with Crippen molar-refractivity contribution in [2.24, 2.45) is 0 Å². The first-order valence-corrected chi connectivity index (χ1v) is 7.73. The molecule has 0 fully saturated rings. The lowest BCUT2D eigenvalue weighted by Crippen LogP contribution is -2.13. The monoisotopic (exact) mass is 324 g/mol. The molecule has 0 aliphatic carbocycles. The molecule has 2 rings (SSSR count). The molecule has 0 aliphatic rings. The summed E-state index contributed by atoms with van der Waals surface area (Å²) in [6.07, 6.45) is 1.37. The van der Waals surface area contributed by atoms with Crippen molar-refractivity contribution in [3.63, 3.8) is 0 Å². The van der Waals surface area contributed by atoms with Crippen molar-refractivity contribution < 1.29 is 22.6 Å². The molecule has 0 spiro atoms. The molecule has 0 bridgehead atoms. The summed E-state index contributed by atoms with van der Waals surface area (Å²) in [4.78, 5) is 4.00. The lowest BCUT2D eigenvalue weighted by Gasteiger charge is -2.11. The molecule has 22 heavy (non-hydrogen) atoms. The number of pyridine rings is 1. The van der Waals surface area contributed by atoms with Gasteiger partial charge in [-0.2, -0.15) is 0 Å². The van der Waals surface area contributed by atoms with E-state index in [1.54, 1.807) is 12.1 Å². The number of rotatable bonds is 6. The van der Waals surface area contributed by atoms with E-state index in [9.17, 15) is 8.42 Å². The number of benzene rings is 1. The summed E-state index contributed by atoms with van der Waals surface area (Å²) in [5, 5.41) is 0. The number of hydrogen-bond donors (Lipinski definition) is 1. The maximum absolute atomic E-state index is 12.4. The van der Waals surface area contributed by atoms with Gasteiger partial charge in [-0.15, -0.1) is 0 Å². The molecule has 0 saturated carbocycles. The molecule has 8 heteroatoms. The lowest BCUT2D eigenvalue weighted by molar-refractivity contribution is 0.354. The van der Waals surface area contributed by atoms with Crippen molar-refractivity contribution in [3.05, 3.63) is 36.5 Å². The number of ether oxygens (including phenoxy) is 3. The van der Waals surface area contributed by atoms with Gasteiger partial charge in [0.05, 0.1) is 38.1 Å². The molecule has 1 N–H and O–H groups in total. The normalized spacial score (nSPS) is 10.9. The summed E-state index contributed by atoms with van der Waals surface area (Å²) >= 11 is 0. The molecule has 0 atom stereocenters. The van der Waals surface area contributed by atoms with Gasteiger partial charge in [0.1, 0.15) is 0 Å². The average molecular weight is 324 g/mol. The van der Waals surface area contributed by atoms with Crippen LogP contribution in [0.1, 0.15) is 0 Å². The number of nitrogens with one attached hydrogen (secondary N) is 1. The minimum atomic E-state index is -3.76. The van der Waals surface area contributed by atoms with Crippen molar-refractivity contribution in [2.45, 2.75) is 4.90 Å². The van der Waals surface area contributed by atoms with Crippen LogP contribution in [-0.2, 0) is 10.0 Å². The second-order valence-corrected chi connectivity index (χ2v) is 5.89. The van der Waals surface area contributed by atoms with Gasteiger partial charge < -0.3 is 14.2 Å². The van der Waals surface area contributed by atoms with Crippen molar-refractivity contribution in [1.82, 2.24) is 4.98 Å². The minimum Gasteiger partial charge on any atom is -0.493 e. The smallest absolute Gasteiger partial charge is 0.262 e. The number of aromatic nitrogens is 1. The topological polar surface area (TPSA) is 86.8 Å². The summed E-state index contributed by atoms with van der Waals surface area (Å²) in [5.74, 6) is 1.18. The van der Waals surface area contributed by atoms with Crippen LogP contribution in [0.4, 0.5) is 5.69 Å². The highest BCUT2D eigenvalue weighted by molar-refractivity contribution is 7.92. The van der Waals surface area contributed by atoms with Gasteiger partial charge in [-0.25, -0.2) is 13.4 Å². The van der Waals surface area contributed by atoms with Crippen LogP contribution in [0.15, 0.2) is 41.4 Å². The highest BCUT2D eigenvalue weighted by Gasteiger charge is 2.17. The Labute approximate surface area is 128 Å². The zero-order valence-electron chi connectivity index (χ0n) is 12.4. The van der Waals surface area contributed by atoms with Gasteiger partial charge in [-0.3, -0.25) is 4.72 Å². The average Bonchev–Trinajstić information content (AvgIpc) is 2.54. The lowest BCUT2D eigenvalue weighted by atomic mass is 10.3. The van der Waals surface area contributed by atoms with E-state index in [-0.39, 0.29) is 4.90 Å². The molecule has 0 radical (unpaired) electrons. The third-order valence-electron chi connectivity index (χ3n) is 2.86. The summed E-state index contributed by atoms with van der Waals surface area (Å²) in [5.41, 5.74) is 0.329. The largest absolute Gasteiger partial charge is 0.493 e. The van der Waals surface area contributed by atoms with Crippen LogP contribution in [0.3, 0.4) is 0 Å². The van der Waals surface area contributed by atoms with Crippen LogP contribution in [0.2, 0.25) is 0 Å². The van der Waals surface area contributed by atoms with Gasteiger partial charge in [0.15, 0.2) is 11.5 Å². The first kappa shape index (κ1) is 15.9. The molecular formula is C14H16N2O5S. The molecule has 118 valence electrons. The third kappa shape index (κ3) is 3.40. The Kier molecular flexibility index (Phi) is 4.71. The summed E-state index contributed by atoms with van der Waals surface area (Å²) < 4.78 is 42.3. The van der Waals surface area contributed by atoms with Crippen LogP contribution >= 0.6 is 0 Å². The quantitative estimate of drug-likeness (QED) is 0.873. The van der Waals surface area contributed by atoms with E-state index in [0.717, 1.165) is 0 Å². The van der Waals surface area contributed by atoms with Crippen LogP contribution in [0.5, 0.6) is 17.4 Å². The number of sulfonamides is 1. The highest BCUT2D eigenvalue weighted by Crippen LogP contribution is 2.30. The Balaban J connectivity index is 2.29. The van der Waals surface area contributed by atoms with Crippen LogP contribution in [-0.4, -0.2) is 34.7 Å². The van der Waals surface area contributed by atoms with E-state index < -0.39 is 10.0 Å². The Morgan fingerprint density at radius 2 is 1.68 bits per heavy atom.